The Hall–Kier alpha value is -1.56. The Labute approximate surface area is 119 Å². The lowest BCUT2D eigenvalue weighted by molar-refractivity contribution is -0.138. The maximum atomic E-state index is 13.0. The molecule has 2 rings (SSSR count). The zero-order valence-electron chi connectivity index (χ0n) is 11.2. The lowest BCUT2D eigenvalue weighted by atomic mass is 10.1. The van der Waals surface area contributed by atoms with Crippen LogP contribution in [0, 0.1) is 6.92 Å². The molecule has 0 saturated carbocycles. The quantitative estimate of drug-likeness (QED) is 0.824. The van der Waals surface area contributed by atoms with E-state index in [2.05, 4.69) is 10.2 Å². The highest BCUT2D eigenvalue weighted by atomic mass is 35.5. The van der Waals surface area contributed by atoms with Crippen LogP contribution in [0.15, 0.2) is 18.2 Å². The summed E-state index contributed by atoms with van der Waals surface area (Å²) in [5, 5.41) is 7.68. The summed E-state index contributed by atoms with van der Waals surface area (Å²) in [6.07, 6.45) is -4.40. The van der Waals surface area contributed by atoms with Gasteiger partial charge < -0.3 is 0 Å². The third-order valence-electron chi connectivity index (χ3n) is 2.95. The monoisotopic (exact) mass is 303 g/mol. The summed E-state index contributed by atoms with van der Waals surface area (Å²) in [4.78, 5) is 0. The van der Waals surface area contributed by atoms with Gasteiger partial charge in [-0.25, -0.2) is 0 Å². The molecule has 0 saturated heterocycles. The molecule has 0 bridgehead atoms. The minimum Gasteiger partial charge on any atom is -0.270 e. The molecule has 0 spiro atoms. The third-order valence-corrected chi connectivity index (χ3v) is 3.19. The summed E-state index contributed by atoms with van der Waals surface area (Å²) in [6.45, 7) is 5.16. The van der Waals surface area contributed by atoms with Gasteiger partial charge in [0.15, 0.2) is 0 Å². The fourth-order valence-electron chi connectivity index (χ4n) is 1.94. The number of aryl methyl sites for hydroxylation is 1. The van der Waals surface area contributed by atoms with Gasteiger partial charge in [-0.2, -0.15) is 13.2 Å². The molecule has 0 aliphatic carbocycles. The van der Waals surface area contributed by atoms with Gasteiger partial charge in [-0.3, -0.25) is 4.57 Å². The summed E-state index contributed by atoms with van der Waals surface area (Å²) in [6, 6.07) is 4.06. The van der Waals surface area contributed by atoms with Gasteiger partial charge in [0.1, 0.15) is 5.82 Å². The zero-order chi connectivity index (χ0) is 15.1. The topological polar surface area (TPSA) is 30.7 Å². The molecule has 1 aromatic carbocycles. The van der Waals surface area contributed by atoms with E-state index in [1.54, 1.807) is 6.07 Å². The molecule has 20 heavy (non-hydrogen) atoms. The smallest absolute Gasteiger partial charge is 0.270 e. The van der Waals surface area contributed by atoms with Crippen molar-refractivity contribution in [1.29, 1.82) is 0 Å². The minimum absolute atomic E-state index is 0.00867. The van der Waals surface area contributed by atoms with Gasteiger partial charge in [0.2, 0.25) is 5.28 Å². The molecule has 2 aromatic rings. The van der Waals surface area contributed by atoms with Crippen molar-refractivity contribution in [1.82, 2.24) is 14.8 Å². The van der Waals surface area contributed by atoms with Crippen molar-refractivity contribution in [3.63, 3.8) is 0 Å². The van der Waals surface area contributed by atoms with Crippen LogP contribution < -0.4 is 0 Å². The molecule has 1 aromatic heterocycles. The molecule has 0 unspecified atom stereocenters. The Kier molecular flexibility index (Phi) is 3.77. The van der Waals surface area contributed by atoms with Crippen molar-refractivity contribution in [2.45, 2.75) is 32.9 Å². The van der Waals surface area contributed by atoms with Crippen LogP contribution in [0.2, 0.25) is 5.28 Å². The summed E-state index contributed by atoms with van der Waals surface area (Å²) < 4.78 is 40.3. The average molecular weight is 304 g/mol. The van der Waals surface area contributed by atoms with Crippen LogP contribution in [0.4, 0.5) is 13.2 Å². The molecular formula is C13H13ClF3N3. The molecule has 0 N–H and O–H groups in total. The van der Waals surface area contributed by atoms with Crippen LogP contribution in [0.1, 0.15) is 36.7 Å². The molecule has 7 heteroatoms. The van der Waals surface area contributed by atoms with Crippen molar-refractivity contribution in [3.05, 3.63) is 40.4 Å². The maximum Gasteiger partial charge on any atom is 0.416 e. The van der Waals surface area contributed by atoms with Crippen molar-refractivity contribution >= 4 is 11.6 Å². The molecule has 1 heterocycles. The molecule has 3 nitrogen and oxygen atoms in total. The van der Waals surface area contributed by atoms with E-state index in [0.29, 0.717) is 11.5 Å². The van der Waals surface area contributed by atoms with Gasteiger partial charge >= 0.3 is 6.18 Å². The highest BCUT2D eigenvalue weighted by molar-refractivity contribution is 6.28. The van der Waals surface area contributed by atoms with E-state index < -0.39 is 11.7 Å². The lowest BCUT2D eigenvalue weighted by Crippen LogP contribution is -2.10. The molecule has 0 aliphatic heterocycles. The standard InChI is InChI=1S/C13H13ClF3N3/c1-7(2)11-18-19-12(14)20(11)9-5-4-8(3)10(6-9)13(15,16)17/h4-7H,1-3H3. The molecular weight excluding hydrogens is 291 g/mol. The van der Waals surface area contributed by atoms with E-state index >= 15 is 0 Å². The van der Waals surface area contributed by atoms with Crippen LogP contribution in [-0.2, 0) is 6.18 Å². The van der Waals surface area contributed by atoms with E-state index in [1.807, 2.05) is 13.8 Å². The van der Waals surface area contributed by atoms with E-state index in [-0.39, 0.29) is 16.8 Å². The number of halogens is 4. The van der Waals surface area contributed by atoms with Crippen molar-refractivity contribution in [2.24, 2.45) is 0 Å². The van der Waals surface area contributed by atoms with Crippen LogP contribution in [0.3, 0.4) is 0 Å². The van der Waals surface area contributed by atoms with Crippen LogP contribution in [-0.4, -0.2) is 14.8 Å². The van der Waals surface area contributed by atoms with E-state index in [1.165, 1.54) is 17.6 Å². The number of alkyl halides is 3. The average Bonchev–Trinajstić information content (AvgIpc) is 2.70. The van der Waals surface area contributed by atoms with Crippen molar-refractivity contribution in [2.75, 3.05) is 0 Å². The van der Waals surface area contributed by atoms with Gasteiger partial charge in [0.25, 0.3) is 0 Å². The van der Waals surface area contributed by atoms with Gasteiger partial charge in [0, 0.05) is 5.92 Å². The van der Waals surface area contributed by atoms with Crippen molar-refractivity contribution < 1.29 is 13.2 Å². The zero-order valence-corrected chi connectivity index (χ0v) is 11.9. The molecule has 0 radical (unpaired) electrons. The second kappa shape index (κ2) is 5.09. The minimum atomic E-state index is -4.40. The number of rotatable bonds is 2. The SMILES string of the molecule is Cc1ccc(-n2c(Cl)nnc2C(C)C)cc1C(F)(F)F. The molecule has 0 amide bonds. The van der Waals surface area contributed by atoms with E-state index in [9.17, 15) is 13.2 Å². The van der Waals surface area contributed by atoms with Gasteiger partial charge in [-0.15, -0.1) is 10.2 Å². The highest BCUT2D eigenvalue weighted by Crippen LogP contribution is 2.34. The van der Waals surface area contributed by atoms with Gasteiger partial charge in [0.05, 0.1) is 11.3 Å². The second-order valence-electron chi connectivity index (χ2n) is 4.81. The van der Waals surface area contributed by atoms with Crippen LogP contribution in [0.5, 0.6) is 0 Å². The van der Waals surface area contributed by atoms with Gasteiger partial charge in [-0.05, 0) is 36.2 Å². The van der Waals surface area contributed by atoms with E-state index in [0.717, 1.165) is 6.07 Å². The molecule has 0 fully saturated rings. The first kappa shape index (κ1) is 14.8. The van der Waals surface area contributed by atoms with Gasteiger partial charge in [-0.1, -0.05) is 19.9 Å². The number of hydrogen-bond acceptors (Lipinski definition) is 2. The Bertz CT molecular complexity index is 632. The number of benzene rings is 1. The number of nitrogens with zero attached hydrogens (tertiary/aromatic N) is 3. The first-order chi connectivity index (χ1) is 9.21. The Morgan fingerprint density at radius 1 is 1.20 bits per heavy atom. The summed E-state index contributed by atoms with van der Waals surface area (Å²) in [5.74, 6) is 0.512. The highest BCUT2D eigenvalue weighted by Gasteiger charge is 2.33. The predicted molar refractivity (Wildman–Crippen MR) is 70.2 cm³/mol. The Morgan fingerprint density at radius 2 is 1.85 bits per heavy atom. The first-order valence-corrected chi connectivity index (χ1v) is 6.38. The number of hydrogen-bond donors (Lipinski definition) is 0. The molecule has 0 aliphatic rings. The fraction of sp³-hybridized carbons (Fsp3) is 0.385. The normalized spacial score (nSPS) is 12.2. The lowest BCUT2D eigenvalue weighted by Gasteiger charge is -2.14. The summed E-state index contributed by atoms with van der Waals surface area (Å²) in [7, 11) is 0. The summed E-state index contributed by atoms with van der Waals surface area (Å²) >= 11 is 5.94. The Balaban J connectivity index is 2.63. The predicted octanol–water partition coefficient (Wildman–Crippen LogP) is 4.37. The molecule has 108 valence electrons. The first-order valence-electron chi connectivity index (χ1n) is 6.01. The second-order valence-corrected chi connectivity index (χ2v) is 5.15. The van der Waals surface area contributed by atoms with Crippen LogP contribution >= 0.6 is 11.6 Å². The fourth-order valence-corrected chi connectivity index (χ4v) is 2.17. The largest absolute Gasteiger partial charge is 0.416 e. The summed E-state index contributed by atoms with van der Waals surface area (Å²) in [5.41, 5.74) is -0.215. The Morgan fingerprint density at radius 3 is 2.40 bits per heavy atom. The van der Waals surface area contributed by atoms with Crippen molar-refractivity contribution in [3.8, 4) is 5.69 Å². The van der Waals surface area contributed by atoms with E-state index in [4.69, 9.17) is 11.6 Å². The third kappa shape index (κ3) is 2.65. The maximum absolute atomic E-state index is 13.0. The molecule has 0 atom stereocenters. The van der Waals surface area contributed by atoms with Crippen LogP contribution in [0.25, 0.3) is 5.69 Å². The number of aromatic nitrogens is 3.